The first-order valence-electron chi connectivity index (χ1n) is 6.80. The maximum atomic E-state index is 12.2. The molecule has 3 nitrogen and oxygen atoms in total. The first-order valence-corrected chi connectivity index (χ1v) is 6.80. The van der Waals surface area contributed by atoms with Gasteiger partial charge >= 0.3 is 0 Å². The van der Waals surface area contributed by atoms with Crippen molar-refractivity contribution in [1.82, 2.24) is 5.32 Å². The molecular weight excluding hydrogens is 224 g/mol. The van der Waals surface area contributed by atoms with Gasteiger partial charge in [0.2, 0.25) is 5.91 Å². The molecule has 0 aliphatic heterocycles. The molecule has 0 heterocycles. The van der Waals surface area contributed by atoms with E-state index in [2.05, 4.69) is 29.6 Å². The van der Waals surface area contributed by atoms with Gasteiger partial charge in [0.1, 0.15) is 0 Å². The highest BCUT2D eigenvalue weighted by molar-refractivity contribution is 5.84. The Hall–Kier alpha value is -1.35. The Morgan fingerprint density at radius 3 is 3.06 bits per heavy atom. The Morgan fingerprint density at radius 1 is 1.50 bits per heavy atom. The van der Waals surface area contributed by atoms with Crippen LogP contribution >= 0.6 is 0 Å². The minimum atomic E-state index is 0.0791. The second kappa shape index (κ2) is 4.39. The molecule has 3 N–H and O–H groups in total. The number of hydrogen-bond donors (Lipinski definition) is 2. The van der Waals surface area contributed by atoms with Gasteiger partial charge in [0.15, 0.2) is 0 Å². The predicted molar refractivity (Wildman–Crippen MR) is 71.1 cm³/mol. The summed E-state index contributed by atoms with van der Waals surface area (Å²) < 4.78 is 0. The van der Waals surface area contributed by atoms with Crippen LogP contribution in [0.2, 0.25) is 0 Å². The zero-order chi connectivity index (χ0) is 12.7. The summed E-state index contributed by atoms with van der Waals surface area (Å²) in [6.45, 7) is 2.46. The van der Waals surface area contributed by atoms with E-state index in [1.165, 1.54) is 11.1 Å². The van der Waals surface area contributed by atoms with Crippen molar-refractivity contribution in [3.8, 4) is 0 Å². The molecule has 0 spiro atoms. The molecular formula is C15H20N2O. The molecule has 4 atom stereocenters. The monoisotopic (exact) mass is 244 g/mol. The third-order valence-corrected chi connectivity index (χ3v) is 4.37. The van der Waals surface area contributed by atoms with Crippen molar-refractivity contribution in [2.24, 2.45) is 17.6 Å². The standard InChI is InChI=1S/C15H20N2O/c1-9(8-16)17-15(18)14-12-7-6-10-4-2-3-5-11(10)13(12)14/h2-5,9,12-14H,6-8,16H2,1H3,(H,17,18). The van der Waals surface area contributed by atoms with E-state index in [0.717, 1.165) is 12.8 Å². The van der Waals surface area contributed by atoms with E-state index in [0.29, 0.717) is 18.4 Å². The maximum Gasteiger partial charge on any atom is 0.224 e. The summed E-state index contributed by atoms with van der Waals surface area (Å²) in [5.41, 5.74) is 8.38. The Kier molecular flexibility index (Phi) is 2.86. The smallest absolute Gasteiger partial charge is 0.224 e. The number of carbonyl (C=O) groups is 1. The molecule has 1 amide bonds. The molecule has 1 fully saturated rings. The molecule has 0 aromatic heterocycles. The van der Waals surface area contributed by atoms with Crippen LogP contribution in [-0.2, 0) is 11.2 Å². The number of aryl methyl sites for hydroxylation is 1. The van der Waals surface area contributed by atoms with E-state index >= 15 is 0 Å². The second-order valence-corrected chi connectivity index (χ2v) is 5.60. The highest BCUT2D eigenvalue weighted by atomic mass is 16.2. The zero-order valence-corrected chi connectivity index (χ0v) is 10.7. The molecule has 0 radical (unpaired) electrons. The van der Waals surface area contributed by atoms with E-state index in [9.17, 15) is 4.79 Å². The average molecular weight is 244 g/mol. The Morgan fingerprint density at radius 2 is 2.28 bits per heavy atom. The lowest BCUT2D eigenvalue weighted by atomic mass is 9.92. The molecule has 96 valence electrons. The number of hydrogen-bond acceptors (Lipinski definition) is 2. The van der Waals surface area contributed by atoms with Crippen LogP contribution in [0.3, 0.4) is 0 Å². The fourth-order valence-electron chi connectivity index (χ4n) is 3.32. The maximum absolute atomic E-state index is 12.2. The van der Waals surface area contributed by atoms with Crippen molar-refractivity contribution >= 4 is 5.91 Å². The van der Waals surface area contributed by atoms with E-state index in [1.807, 2.05) is 6.92 Å². The average Bonchev–Trinajstić information content (AvgIpc) is 3.13. The number of nitrogens with one attached hydrogen (secondary N) is 1. The third kappa shape index (κ3) is 1.83. The summed E-state index contributed by atoms with van der Waals surface area (Å²) in [5.74, 6) is 1.40. The normalized spacial score (nSPS) is 30.0. The summed E-state index contributed by atoms with van der Waals surface area (Å²) in [6, 6.07) is 8.63. The molecule has 0 saturated heterocycles. The fourth-order valence-corrected chi connectivity index (χ4v) is 3.32. The SMILES string of the molecule is CC(CN)NC(=O)C1C2CCc3ccccc3C21. The first kappa shape index (κ1) is 11.7. The second-order valence-electron chi connectivity index (χ2n) is 5.60. The number of benzene rings is 1. The Bertz CT molecular complexity index is 471. The summed E-state index contributed by atoms with van der Waals surface area (Å²) in [6.07, 6.45) is 2.27. The van der Waals surface area contributed by atoms with Crippen LogP contribution in [-0.4, -0.2) is 18.5 Å². The fraction of sp³-hybridized carbons (Fsp3) is 0.533. The summed E-state index contributed by atoms with van der Waals surface area (Å²) >= 11 is 0. The van der Waals surface area contributed by atoms with Crippen molar-refractivity contribution in [3.63, 3.8) is 0 Å². The molecule has 1 saturated carbocycles. The van der Waals surface area contributed by atoms with Gasteiger partial charge in [-0.1, -0.05) is 24.3 Å². The Balaban J connectivity index is 1.75. The molecule has 1 aromatic carbocycles. The minimum Gasteiger partial charge on any atom is -0.352 e. The molecule has 4 unspecified atom stereocenters. The van der Waals surface area contributed by atoms with Gasteiger partial charge in [-0.25, -0.2) is 0 Å². The highest BCUT2D eigenvalue weighted by Crippen LogP contribution is 2.59. The van der Waals surface area contributed by atoms with Gasteiger partial charge in [-0.3, -0.25) is 4.79 Å². The largest absolute Gasteiger partial charge is 0.352 e. The minimum absolute atomic E-state index is 0.0791. The van der Waals surface area contributed by atoms with Gasteiger partial charge in [0.05, 0.1) is 0 Å². The van der Waals surface area contributed by atoms with E-state index in [-0.39, 0.29) is 17.9 Å². The summed E-state index contributed by atoms with van der Waals surface area (Å²) in [4.78, 5) is 12.2. The molecule has 18 heavy (non-hydrogen) atoms. The lowest BCUT2D eigenvalue weighted by molar-refractivity contribution is -0.123. The van der Waals surface area contributed by atoms with Crippen LogP contribution < -0.4 is 11.1 Å². The number of nitrogens with two attached hydrogens (primary N) is 1. The van der Waals surface area contributed by atoms with E-state index in [4.69, 9.17) is 5.73 Å². The van der Waals surface area contributed by atoms with Crippen molar-refractivity contribution in [3.05, 3.63) is 35.4 Å². The van der Waals surface area contributed by atoms with Gasteiger partial charge in [0, 0.05) is 18.5 Å². The Labute approximate surface area is 108 Å². The number of fused-ring (bicyclic) bond motifs is 3. The summed E-state index contributed by atoms with van der Waals surface area (Å²) in [7, 11) is 0. The number of rotatable bonds is 3. The van der Waals surface area contributed by atoms with Gasteiger partial charge in [-0.2, -0.15) is 0 Å². The number of carbonyl (C=O) groups excluding carboxylic acids is 1. The van der Waals surface area contributed by atoms with E-state index < -0.39 is 0 Å². The molecule has 2 aliphatic rings. The predicted octanol–water partition coefficient (Wildman–Crippen LogP) is 1.43. The van der Waals surface area contributed by atoms with Gasteiger partial charge < -0.3 is 11.1 Å². The van der Waals surface area contributed by atoms with Crippen molar-refractivity contribution in [2.75, 3.05) is 6.54 Å². The van der Waals surface area contributed by atoms with Crippen molar-refractivity contribution in [2.45, 2.75) is 31.7 Å². The zero-order valence-electron chi connectivity index (χ0n) is 10.7. The van der Waals surface area contributed by atoms with E-state index in [1.54, 1.807) is 0 Å². The molecule has 1 aromatic rings. The van der Waals surface area contributed by atoms with Crippen molar-refractivity contribution in [1.29, 1.82) is 0 Å². The topological polar surface area (TPSA) is 55.1 Å². The lowest BCUT2D eigenvalue weighted by Crippen LogP contribution is -2.39. The van der Waals surface area contributed by atoms with Gasteiger partial charge in [-0.15, -0.1) is 0 Å². The quantitative estimate of drug-likeness (QED) is 0.845. The molecule has 3 rings (SSSR count). The third-order valence-electron chi connectivity index (χ3n) is 4.37. The number of amides is 1. The van der Waals surface area contributed by atoms with Gasteiger partial charge in [0.25, 0.3) is 0 Å². The van der Waals surface area contributed by atoms with Crippen LogP contribution in [0.4, 0.5) is 0 Å². The van der Waals surface area contributed by atoms with Crippen LogP contribution in [0.25, 0.3) is 0 Å². The summed E-state index contributed by atoms with van der Waals surface area (Å²) in [5, 5.41) is 3.01. The van der Waals surface area contributed by atoms with Crippen LogP contribution in [0.5, 0.6) is 0 Å². The molecule has 3 heteroatoms. The molecule has 0 bridgehead atoms. The van der Waals surface area contributed by atoms with Gasteiger partial charge in [-0.05, 0) is 42.7 Å². The van der Waals surface area contributed by atoms with Crippen LogP contribution in [0, 0.1) is 11.8 Å². The van der Waals surface area contributed by atoms with Crippen LogP contribution in [0.1, 0.15) is 30.4 Å². The lowest BCUT2D eigenvalue weighted by Gasteiger charge is -2.13. The first-order chi connectivity index (χ1) is 8.72. The highest BCUT2D eigenvalue weighted by Gasteiger charge is 2.56. The molecule has 2 aliphatic carbocycles. The van der Waals surface area contributed by atoms with Crippen molar-refractivity contribution < 1.29 is 4.79 Å². The van der Waals surface area contributed by atoms with Crippen LogP contribution in [0.15, 0.2) is 24.3 Å².